The number of carbonyl (C=O) groups excluding carboxylic acids is 1. The van der Waals surface area contributed by atoms with E-state index in [0.717, 1.165) is 10.5 Å². The number of para-hydroxylation sites is 1. The van der Waals surface area contributed by atoms with E-state index in [0.29, 0.717) is 11.3 Å². The van der Waals surface area contributed by atoms with Crippen LogP contribution in [-0.2, 0) is 10.3 Å². The topological polar surface area (TPSA) is 55.1 Å². The highest BCUT2D eigenvalue weighted by atomic mass is 79.9. The van der Waals surface area contributed by atoms with E-state index in [1.54, 1.807) is 13.0 Å². The van der Waals surface area contributed by atoms with Gasteiger partial charge in [-0.05, 0) is 47.1 Å². The summed E-state index contributed by atoms with van der Waals surface area (Å²) in [7, 11) is 0. The van der Waals surface area contributed by atoms with Crippen LogP contribution in [0, 0.1) is 5.82 Å². The third-order valence-electron chi connectivity index (χ3n) is 3.22. The number of primary amides is 1. The molecule has 0 aliphatic heterocycles. The summed E-state index contributed by atoms with van der Waals surface area (Å²) >= 11 is 9.46. The molecule has 21 heavy (non-hydrogen) atoms. The summed E-state index contributed by atoms with van der Waals surface area (Å²) in [6.45, 7) is 1.61. The number of carbonyl (C=O) groups is 1. The molecule has 110 valence electrons. The van der Waals surface area contributed by atoms with Crippen LogP contribution in [0.2, 0.25) is 5.02 Å². The minimum atomic E-state index is -1.27. The van der Waals surface area contributed by atoms with E-state index in [-0.39, 0.29) is 5.02 Å². The molecule has 2 aromatic rings. The van der Waals surface area contributed by atoms with Crippen LogP contribution >= 0.6 is 27.5 Å². The first-order valence-corrected chi connectivity index (χ1v) is 7.30. The molecule has 0 spiro atoms. The molecule has 1 atom stereocenters. The smallest absolute Gasteiger partial charge is 0.247 e. The van der Waals surface area contributed by atoms with Crippen LogP contribution in [0.1, 0.15) is 12.5 Å². The Kier molecular flexibility index (Phi) is 4.54. The fourth-order valence-electron chi connectivity index (χ4n) is 1.99. The summed E-state index contributed by atoms with van der Waals surface area (Å²) in [5, 5.41) is 3.21. The van der Waals surface area contributed by atoms with Gasteiger partial charge in [0, 0.05) is 20.7 Å². The lowest BCUT2D eigenvalue weighted by Crippen LogP contribution is -2.45. The van der Waals surface area contributed by atoms with Gasteiger partial charge in [-0.2, -0.15) is 0 Å². The van der Waals surface area contributed by atoms with E-state index in [2.05, 4.69) is 21.2 Å². The van der Waals surface area contributed by atoms with Crippen molar-refractivity contribution in [1.29, 1.82) is 0 Å². The number of amides is 1. The minimum Gasteiger partial charge on any atom is -0.367 e. The molecule has 0 bridgehead atoms. The van der Waals surface area contributed by atoms with Crippen molar-refractivity contribution in [3.63, 3.8) is 0 Å². The summed E-state index contributed by atoms with van der Waals surface area (Å²) in [6.07, 6.45) is 0. The van der Waals surface area contributed by atoms with Crippen LogP contribution in [-0.4, -0.2) is 5.91 Å². The van der Waals surface area contributed by atoms with Crippen molar-refractivity contribution >= 4 is 39.1 Å². The summed E-state index contributed by atoms with van der Waals surface area (Å²) in [5.41, 5.74) is 5.36. The second kappa shape index (κ2) is 6.03. The maximum absolute atomic E-state index is 13.2. The summed E-state index contributed by atoms with van der Waals surface area (Å²) in [6, 6.07) is 11.1. The van der Waals surface area contributed by atoms with Gasteiger partial charge >= 0.3 is 0 Å². The number of hydrogen-bond acceptors (Lipinski definition) is 2. The maximum Gasteiger partial charge on any atom is 0.247 e. The molecule has 0 saturated carbocycles. The van der Waals surface area contributed by atoms with Crippen LogP contribution < -0.4 is 11.1 Å². The number of nitrogens with two attached hydrogens (primary N) is 1. The van der Waals surface area contributed by atoms with Crippen LogP contribution in [0.25, 0.3) is 0 Å². The van der Waals surface area contributed by atoms with E-state index in [9.17, 15) is 9.18 Å². The predicted octanol–water partition coefficient (Wildman–Crippen LogP) is 4.05. The molecule has 3 nitrogen and oxygen atoms in total. The zero-order valence-corrected chi connectivity index (χ0v) is 13.5. The molecule has 1 amide bonds. The Balaban J connectivity index is 2.51. The van der Waals surface area contributed by atoms with Crippen molar-refractivity contribution in [2.24, 2.45) is 5.73 Å². The second-order valence-corrected chi connectivity index (χ2v) is 5.98. The largest absolute Gasteiger partial charge is 0.367 e. The zero-order valence-electron chi connectivity index (χ0n) is 11.2. The fraction of sp³-hybridized carbons (Fsp3) is 0.133. The van der Waals surface area contributed by atoms with Crippen LogP contribution in [0.15, 0.2) is 46.9 Å². The Morgan fingerprint density at radius 3 is 2.57 bits per heavy atom. The lowest BCUT2D eigenvalue weighted by molar-refractivity contribution is -0.122. The van der Waals surface area contributed by atoms with Crippen LogP contribution in [0.5, 0.6) is 0 Å². The van der Waals surface area contributed by atoms with Gasteiger partial charge in [0.15, 0.2) is 0 Å². The molecule has 2 aromatic carbocycles. The van der Waals surface area contributed by atoms with Crippen molar-refractivity contribution in [3.05, 3.63) is 63.3 Å². The molecule has 0 saturated heterocycles. The third-order valence-corrected chi connectivity index (χ3v) is 4.23. The molecular formula is C15H13BrClFN2O. The molecular weight excluding hydrogens is 359 g/mol. The van der Waals surface area contributed by atoms with Gasteiger partial charge in [0.2, 0.25) is 5.91 Å². The molecule has 0 fully saturated rings. The van der Waals surface area contributed by atoms with Crippen molar-refractivity contribution in [3.8, 4) is 0 Å². The van der Waals surface area contributed by atoms with Gasteiger partial charge in [0.1, 0.15) is 11.4 Å². The quantitative estimate of drug-likeness (QED) is 0.852. The fourth-order valence-corrected chi connectivity index (χ4v) is 2.73. The molecule has 1 unspecified atom stereocenters. The average Bonchev–Trinajstić information content (AvgIpc) is 2.41. The Bertz CT molecular complexity index is 695. The highest BCUT2D eigenvalue weighted by Gasteiger charge is 2.35. The Hall–Kier alpha value is -1.59. The molecule has 0 radical (unpaired) electrons. The Morgan fingerprint density at radius 1 is 1.33 bits per heavy atom. The lowest BCUT2D eigenvalue weighted by atomic mass is 9.90. The lowest BCUT2D eigenvalue weighted by Gasteiger charge is -2.30. The van der Waals surface area contributed by atoms with Gasteiger partial charge in [-0.25, -0.2) is 4.39 Å². The monoisotopic (exact) mass is 370 g/mol. The first kappa shape index (κ1) is 15.8. The molecule has 0 aliphatic carbocycles. The third kappa shape index (κ3) is 3.19. The SMILES string of the molecule is CC(Nc1ccccc1Br)(C(N)=O)c1ccc(F)cc1Cl. The zero-order chi connectivity index (χ0) is 15.6. The van der Waals surface area contributed by atoms with Gasteiger partial charge in [0.25, 0.3) is 0 Å². The number of rotatable bonds is 4. The second-order valence-electron chi connectivity index (χ2n) is 4.72. The molecule has 6 heteroatoms. The van der Waals surface area contributed by atoms with E-state index in [1.165, 1.54) is 12.1 Å². The number of anilines is 1. The maximum atomic E-state index is 13.2. The van der Waals surface area contributed by atoms with Crippen molar-refractivity contribution in [2.75, 3.05) is 5.32 Å². The van der Waals surface area contributed by atoms with E-state index < -0.39 is 17.3 Å². The van der Waals surface area contributed by atoms with Gasteiger partial charge in [-0.1, -0.05) is 29.8 Å². The first-order valence-electron chi connectivity index (χ1n) is 6.13. The summed E-state index contributed by atoms with van der Waals surface area (Å²) in [4.78, 5) is 12.0. The van der Waals surface area contributed by atoms with Gasteiger partial charge in [-0.3, -0.25) is 4.79 Å². The molecule has 0 aliphatic rings. The normalized spacial score (nSPS) is 13.5. The number of nitrogens with one attached hydrogen (secondary N) is 1. The van der Waals surface area contributed by atoms with Crippen LogP contribution in [0.4, 0.5) is 10.1 Å². The molecule has 0 heterocycles. The number of hydrogen-bond donors (Lipinski definition) is 2. The average molecular weight is 372 g/mol. The van der Waals surface area contributed by atoms with E-state index in [1.807, 2.05) is 18.2 Å². The predicted molar refractivity (Wildman–Crippen MR) is 85.7 cm³/mol. The Labute approximate surface area is 135 Å². The van der Waals surface area contributed by atoms with Crippen LogP contribution in [0.3, 0.4) is 0 Å². The standard InChI is InChI=1S/C15H13BrClFN2O/c1-15(14(19)21,10-7-6-9(18)8-12(10)17)20-13-5-3-2-4-11(13)16/h2-8,20H,1H3,(H2,19,21). The molecule has 2 rings (SSSR count). The Morgan fingerprint density at radius 2 is 2.00 bits per heavy atom. The first-order chi connectivity index (χ1) is 9.84. The van der Waals surface area contributed by atoms with Gasteiger partial charge < -0.3 is 11.1 Å². The van der Waals surface area contributed by atoms with Gasteiger partial charge in [0.05, 0.1) is 0 Å². The molecule has 3 N–H and O–H groups in total. The molecule has 0 aromatic heterocycles. The number of halogens is 3. The minimum absolute atomic E-state index is 0.135. The van der Waals surface area contributed by atoms with Crippen molar-refractivity contribution in [1.82, 2.24) is 0 Å². The highest BCUT2D eigenvalue weighted by molar-refractivity contribution is 9.10. The summed E-state index contributed by atoms with van der Waals surface area (Å²) < 4.78 is 14.0. The van der Waals surface area contributed by atoms with Gasteiger partial charge in [-0.15, -0.1) is 0 Å². The van der Waals surface area contributed by atoms with E-state index in [4.69, 9.17) is 17.3 Å². The van der Waals surface area contributed by atoms with Crippen molar-refractivity contribution in [2.45, 2.75) is 12.5 Å². The van der Waals surface area contributed by atoms with E-state index >= 15 is 0 Å². The summed E-state index contributed by atoms with van der Waals surface area (Å²) in [5.74, 6) is -1.09. The van der Waals surface area contributed by atoms with Crippen molar-refractivity contribution < 1.29 is 9.18 Å². The number of benzene rings is 2. The highest BCUT2D eigenvalue weighted by Crippen LogP contribution is 2.34.